The third kappa shape index (κ3) is 2.41. The Labute approximate surface area is 131 Å². The molecule has 0 amide bonds. The minimum absolute atomic E-state index is 0.0455. The Kier molecular flexibility index (Phi) is 2.29. The van der Waals surface area contributed by atoms with Gasteiger partial charge in [-0.05, 0) is 46.7 Å². The molecule has 110 valence electrons. The van der Waals surface area contributed by atoms with Crippen molar-refractivity contribution in [3.8, 4) is 5.69 Å². The molecular formula is C16H21BN2O2. The quantitative estimate of drug-likeness (QED) is 0.797. The highest BCUT2D eigenvalue weighted by molar-refractivity contribution is 6.62. The molecule has 0 radical (unpaired) electrons. The van der Waals surface area contributed by atoms with Crippen molar-refractivity contribution in [3.05, 3.63) is 42.2 Å². The molecule has 0 atom stereocenters. The lowest BCUT2D eigenvalue weighted by molar-refractivity contribution is 0.00578. The number of benzene rings is 1. The summed E-state index contributed by atoms with van der Waals surface area (Å²) in [6.45, 7) is 5.05. The molecule has 0 saturated carbocycles. The van der Waals surface area contributed by atoms with Gasteiger partial charge in [-0.2, -0.15) is 5.10 Å². The molecule has 0 spiro atoms. The first-order chi connectivity index (χ1) is 11.4. The van der Waals surface area contributed by atoms with Crippen LogP contribution < -0.4 is 5.46 Å². The van der Waals surface area contributed by atoms with Crippen LogP contribution >= 0.6 is 0 Å². The number of rotatable bonds is 2. The maximum atomic E-state index is 8.50. The maximum absolute atomic E-state index is 8.50. The Morgan fingerprint density at radius 2 is 1.76 bits per heavy atom. The first-order valence-electron chi connectivity index (χ1n) is 8.95. The van der Waals surface area contributed by atoms with Gasteiger partial charge in [0.2, 0.25) is 0 Å². The summed E-state index contributed by atoms with van der Waals surface area (Å²) in [4.78, 5) is 0. The van der Waals surface area contributed by atoms with Crippen molar-refractivity contribution in [2.24, 2.45) is 0 Å². The summed E-state index contributed by atoms with van der Waals surface area (Å²) < 4.78 is 45.2. The van der Waals surface area contributed by atoms with Gasteiger partial charge in [0.25, 0.3) is 0 Å². The second-order valence-corrected chi connectivity index (χ2v) is 6.21. The summed E-state index contributed by atoms with van der Waals surface area (Å²) in [5, 5.41) is 4.20. The normalized spacial score (nSPS) is 23.3. The van der Waals surface area contributed by atoms with Gasteiger partial charge in [0, 0.05) is 15.7 Å². The smallest absolute Gasteiger partial charge is 0.399 e. The second-order valence-electron chi connectivity index (χ2n) is 6.21. The van der Waals surface area contributed by atoms with Crippen molar-refractivity contribution >= 4 is 12.6 Å². The molecule has 2 heterocycles. The van der Waals surface area contributed by atoms with Gasteiger partial charge in [-0.15, -0.1) is 0 Å². The Bertz CT molecular complexity index is 771. The fraction of sp³-hybridized carbons (Fsp3) is 0.438. The van der Waals surface area contributed by atoms with Crippen molar-refractivity contribution in [1.29, 1.82) is 0 Å². The predicted molar refractivity (Wildman–Crippen MR) is 84.0 cm³/mol. The number of hydrogen-bond donors (Lipinski definition) is 0. The maximum Gasteiger partial charge on any atom is 0.498 e. The van der Waals surface area contributed by atoms with E-state index in [-0.39, 0.29) is 17.3 Å². The molecule has 1 aromatic heterocycles. The van der Waals surface area contributed by atoms with Gasteiger partial charge in [0.1, 0.15) is 0 Å². The van der Waals surface area contributed by atoms with Gasteiger partial charge in [0.05, 0.1) is 24.0 Å². The van der Waals surface area contributed by atoms with Gasteiger partial charge < -0.3 is 9.31 Å². The Morgan fingerprint density at radius 3 is 2.33 bits per heavy atom. The summed E-state index contributed by atoms with van der Waals surface area (Å²) in [5.74, 6) is 0. The van der Waals surface area contributed by atoms with Gasteiger partial charge in [-0.25, -0.2) is 4.68 Å². The fourth-order valence-electron chi connectivity index (χ4n) is 2.16. The highest BCUT2D eigenvalue weighted by Crippen LogP contribution is 2.36. The van der Waals surface area contributed by atoms with E-state index in [2.05, 4.69) is 5.10 Å². The summed E-state index contributed by atoms with van der Waals surface area (Å²) >= 11 is 0. The first kappa shape index (κ1) is 10.2. The molecule has 21 heavy (non-hydrogen) atoms. The summed E-state index contributed by atoms with van der Waals surface area (Å²) in [6.07, 6.45) is -0.0455. The van der Waals surface area contributed by atoms with Crippen LogP contribution in [0.2, 0.25) is 0 Å². The zero-order valence-electron chi connectivity index (χ0n) is 16.7. The molecule has 1 aliphatic heterocycles. The summed E-state index contributed by atoms with van der Waals surface area (Å²) in [7, 11) is -0.953. The molecule has 1 saturated heterocycles. The average Bonchev–Trinajstić information content (AvgIpc) is 2.94. The standard InChI is InChI=1S/C16H21BN2O2/c1-12-14(17-20-15(2,3)16(4,5)21-17)11-19(18-12)13-9-7-6-8-10-13/h6-11H,1-5H3/i1D3,11D. The van der Waals surface area contributed by atoms with Crippen molar-refractivity contribution in [2.45, 2.75) is 45.7 Å². The molecule has 1 aliphatic rings. The van der Waals surface area contributed by atoms with E-state index in [0.717, 1.165) is 0 Å². The van der Waals surface area contributed by atoms with Crippen molar-refractivity contribution in [3.63, 3.8) is 0 Å². The molecule has 1 aromatic carbocycles. The number of aryl methyl sites for hydroxylation is 1. The largest absolute Gasteiger partial charge is 0.498 e. The van der Waals surface area contributed by atoms with Crippen LogP contribution in [0.1, 0.15) is 38.9 Å². The number of nitrogens with zero attached hydrogens (tertiary/aromatic N) is 2. The highest BCUT2D eigenvalue weighted by Gasteiger charge is 2.52. The third-order valence-electron chi connectivity index (χ3n) is 4.17. The van der Waals surface area contributed by atoms with Gasteiger partial charge in [-0.1, -0.05) is 18.2 Å². The van der Waals surface area contributed by atoms with Crippen LogP contribution in [0.25, 0.3) is 5.69 Å². The molecule has 0 bridgehead atoms. The number of hydrogen-bond acceptors (Lipinski definition) is 3. The van der Waals surface area contributed by atoms with E-state index in [9.17, 15) is 0 Å². The van der Waals surface area contributed by atoms with E-state index in [0.29, 0.717) is 5.69 Å². The molecule has 4 nitrogen and oxygen atoms in total. The van der Waals surface area contributed by atoms with Crippen LogP contribution in [-0.4, -0.2) is 28.1 Å². The molecule has 5 heteroatoms. The lowest BCUT2D eigenvalue weighted by Crippen LogP contribution is -2.41. The molecule has 0 unspecified atom stereocenters. The fourth-order valence-corrected chi connectivity index (χ4v) is 2.16. The number of aromatic nitrogens is 2. The van der Waals surface area contributed by atoms with Crippen molar-refractivity contribution in [1.82, 2.24) is 9.78 Å². The lowest BCUT2D eigenvalue weighted by atomic mass is 9.79. The molecule has 0 aliphatic carbocycles. The van der Waals surface area contributed by atoms with Crippen molar-refractivity contribution < 1.29 is 14.8 Å². The predicted octanol–water partition coefficient (Wildman–Crippen LogP) is 2.48. The van der Waals surface area contributed by atoms with Crippen LogP contribution in [0.3, 0.4) is 0 Å². The Hall–Kier alpha value is -1.59. The summed E-state index contributed by atoms with van der Waals surface area (Å²) in [5.41, 5.74) is -0.668. The average molecular weight is 288 g/mol. The third-order valence-corrected chi connectivity index (χ3v) is 4.17. The van der Waals surface area contributed by atoms with Gasteiger partial charge in [-0.3, -0.25) is 0 Å². The Balaban J connectivity index is 2.15. The SMILES string of the molecule is [2H]c1c(B2OC(C)(C)C(C)(C)O2)c(C([2H])([2H])[2H])nn1-c1ccccc1. The topological polar surface area (TPSA) is 36.3 Å². The number of para-hydroxylation sites is 1. The summed E-state index contributed by atoms with van der Waals surface area (Å²) in [6, 6.07) is 8.99. The monoisotopic (exact) mass is 288 g/mol. The zero-order valence-corrected chi connectivity index (χ0v) is 12.7. The molecule has 2 aromatic rings. The van der Waals surface area contributed by atoms with Crippen LogP contribution in [0, 0.1) is 6.85 Å². The van der Waals surface area contributed by atoms with Crippen LogP contribution in [0.4, 0.5) is 0 Å². The van der Waals surface area contributed by atoms with E-state index in [1.54, 1.807) is 24.3 Å². The van der Waals surface area contributed by atoms with E-state index in [1.165, 1.54) is 4.68 Å². The molecule has 3 rings (SSSR count). The zero-order chi connectivity index (χ0) is 18.6. The molecule has 0 N–H and O–H groups in total. The van der Waals surface area contributed by atoms with E-state index in [4.69, 9.17) is 14.8 Å². The van der Waals surface area contributed by atoms with Gasteiger partial charge in [0.15, 0.2) is 0 Å². The Morgan fingerprint density at radius 1 is 1.14 bits per heavy atom. The highest BCUT2D eigenvalue weighted by atomic mass is 16.7. The van der Waals surface area contributed by atoms with Crippen LogP contribution in [0.15, 0.2) is 36.5 Å². The molecule has 1 fully saturated rings. The molecular weight excluding hydrogens is 263 g/mol. The second kappa shape index (κ2) is 4.72. The van der Waals surface area contributed by atoms with Crippen LogP contribution in [-0.2, 0) is 9.31 Å². The van der Waals surface area contributed by atoms with E-state index >= 15 is 0 Å². The minimum Gasteiger partial charge on any atom is -0.399 e. The lowest BCUT2D eigenvalue weighted by Gasteiger charge is -2.32. The first-order valence-corrected chi connectivity index (χ1v) is 6.95. The van der Waals surface area contributed by atoms with E-state index < -0.39 is 25.2 Å². The van der Waals surface area contributed by atoms with Gasteiger partial charge >= 0.3 is 7.12 Å². The van der Waals surface area contributed by atoms with E-state index in [1.807, 2.05) is 33.8 Å². The van der Waals surface area contributed by atoms with Crippen LogP contribution in [0.5, 0.6) is 0 Å². The minimum atomic E-state index is -2.48. The van der Waals surface area contributed by atoms with Crippen molar-refractivity contribution in [2.75, 3.05) is 0 Å².